The lowest BCUT2D eigenvalue weighted by atomic mass is 10.1. The van der Waals surface area contributed by atoms with Gasteiger partial charge in [0.2, 0.25) is 0 Å². The second-order valence-electron chi connectivity index (χ2n) is 6.28. The van der Waals surface area contributed by atoms with Crippen molar-refractivity contribution in [3.05, 3.63) is 73.8 Å². The second-order valence-corrected chi connectivity index (χ2v) is 6.28. The lowest BCUT2D eigenvalue weighted by Crippen LogP contribution is -2.22. The highest BCUT2D eigenvalue weighted by molar-refractivity contribution is 5.93. The normalized spacial score (nSPS) is 10.8. The van der Waals surface area contributed by atoms with Crippen LogP contribution in [-0.2, 0) is 6.54 Å². The van der Waals surface area contributed by atoms with Crippen LogP contribution in [0.25, 0.3) is 10.9 Å². The van der Waals surface area contributed by atoms with Crippen LogP contribution >= 0.6 is 0 Å². The average molecular weight is 382 g/mol. The maximum Gasteiger partial charge on any atom is 0.342 e. The molecule has 144 valence electrons. The van der Waals surface area contributed by atoms with Gasteiger partial charge in [0.05, 0.1) is 15.8 Å². The quantitative estimate of drug-likeness (QED) is 0.495. The van der Waals surface area contributed by atoms with Gasteiger partial charge < -0.3 is 15.0 Å². The number of anilines is 1. The van der Waals surface area contributed by atoms with Crippen molar-refractivity contribution >= 4 is 28.2 Å². The molecule has 0 unspecified atom stereocenters. The van der Waals surface area contributed by atoms with E-state index >= 15 is 0 Å². The number of hydrogen-bond acceptors (Lipinski definition) is 6. The van der Waals surface area contributed by atoms with Crippen molar-refractivity contribution in [3.63, 3.8) is 0 Å². The summed E-state index contributed by atoms with van der Waals surface area (Å²) in [7, 11) is 0. The summed E-state index contributed by atoms with van der Waals surface area (Å²) >= 11 is 0. The average Bonchev–Trinajstić information content (AvgIpc) is 2.65. The number of benzene rings is 2. The molecule has 0 bridgehead atoms. The highest BCUT2D eigenvalue weighted by Gasteiger charge is 2.21. The second kappa shape index (κ2) is 7.47. The molecule has 1 heterocycles. The number of rotatable bonds is 6. The number of nitro benzene ring substituents is 1. The highest BCUT2D eigenvalue weighted by Crippen LogP contribution is 2.27. The Kier molecular flexibility index (Phi) is 5.08. The molecule has 9 nitrogen and oxygen atoms in total. The van der Waals surface area contributed by atoms with Gasteiger partial charge in [-0.3, -0.25) is 14.9 Å². The molecule has 2 N–H and O–H groups in total. The van der Waals surface area contributed by atoms with Crippen molar-refractivity contribution in [1.82, 2.24) is 9.97 Å². The third-order valence-corrected chi connectivity index (χ3v) is 4.42. The number of carbonyl (C=O) groups is 1. The number of nitro groups is 1. The van der Waals surface area contributed by atoms with Crippen LogP contribution in [0.15, 0.2) is 41.2 Å². The summed E-state index contributed by atoms with van der Waals surface area (Å²) in [4.78, 5) is 42.7. The summed E-state index contributed by atoms with van der Waals surface area (Å²) in [6.07, 6.45) is 0. The molecule has 0 saturated carbocycles. The minimum Gasteiger partial charge on any atom is -0.477 e. The van der Waals surface area contributed by atoms with Gasteiger partial charge in [-0.2, -0.15) is 0 Å². The van der Waals surface area contributed by atoms with Crippen LogP contribution < -0.4 is 10.5 Å². The standard InChI is InChI=1S/C19H18N4O5/c1-3-22(13-5-6-14(19(25)26)17(9-13)23(27)28)10-12-4-7-16-15(8-12)18(24)21-11(2)20-16/h4-9H,3,10H2,1-2H3,(H,25,26)(H,20,21,24). The molecule has 1 aromatic heterocycles. The van der Waals surface area contributed by atoms with Crippen molar-refractivity contribution in [2.75, 3.05) is 11.4 Å². The van der Waals surface area contributed by atoms with Crippen molar-refractivity contribution < 1.29 is 14.8 Å². The Hall–Kier alpha value is -3.75. The lowest BCUT2D eigenvalue weighted by Gasteiger charge is -2.23. The molecule has 0 saturated heterocycles. The SMILES string of the molecule is CCN(Cc1ccc2nc(C)[nH]c(=O)c2c1)c1ccc(C(=O)O)c([N+](=O)[O-])c1. The van der Waals surface area contributed by atoms with Crippen LogP contribution in [0.1, 0.15) is 28.7 Å². The van der Waals surface area contributed by atoms with E-state index in [4.69, 9.17) is 5.11 Å². The fraction of sp³-hybridized carbons (Fsp3) is 0.211. The first kappa shape index (κ1) is 19.0. The summed E-state index contributed by atoms with van der Waals surface area (Å²) in [5.74, 6) is -0.816. The Morgan fingerprint density at radius 1 is 1.29 bits per heavy atom. The first-order valence-electron chi connectivity index (χ1n) is 8.56. The fourth-order valence-electron chi connectivity index (χ4n) is 3.06. The monoisotopic (exact) mass is 382 g/mol. The molecular weight excluding hydrogens is 364 g/mol. The number of hydrogen-bond donors (Lipinski definition) is 2. The van der Waals surface area contributed by atoms with Crippen LogP contribution in [0.3, 0.4) is 0 Å². The Morgan fingerprint density at radius 2 is 2.04 bits per heavy atom. The molecule has 9 heteroatoms. The maximum atomic E-state index is 12.2. The summed E-state index contributed by atoms with van der Waals surface area (Å²) in [6.45, 7) is 4.52. The first-order chi connectivity index (χ1) is 13.3. The van der Waals surface area contributed by atoms with E-state index in [1.54, 1.807) is 25.1 Å². The molecule has 3 rings (SSSR count). The van der Waals surface area contributed by atoms with Crippen LogP contribution in [0.4, 0.5) is 11.4 Å². The number of fused-ring (bicyclic) bond motifs is 1. The highest BCUT2D eigenvalue weighted by atomic mass is 16.6. The van der Waals surface area contributed by atoms with E-state index < -0.39 is 16.6 Å². The summed E-state index contributed by atoms with van der Waals surface area (Å²) in [5.41, 5.74) is 0.899. The molecule has 3 aromatic rings. The summed E-state index contributed by atoms with van der Waals surface area (Å²) in [5, 5.41) is 20.8. The lowest BCUT2D eigenvalue weighted by molar-refractivity contribution is -0.385. The van der Waals surface area contributed by atoms with Crippen LogP contribution in [-0.4, -0.2) is 32.5 Å². The third kappa shape index (κ3) is 3.68. The molecule has 0 atom stereocenters. The van der Waals surface area contributed by atoms with Crippen LogP contribution in [0.5, 0.6) is 0 Å². The van der Waals surface area contributed by atoms with E-state index in [9.17, 15) is 19.7 Å². The Balaban J connectivity index is 1.98. The van der Waals surface area contributed by atoms with E-state index in [0.29, 0.717) is 35.5 Å². The van der Waals surface area contributed by atoms with Crippen LogP contribution in [0, 0.1) is 17.0 Å². The topological polar surface area (TPSA) is 129 Å². The predicted molar refractivity (Wildman–Crippen MR) is 104 cm³/mol. The van der Waals surface area contributed by atoms with Gasteiger partial charge in [-0.15, -0.1) is 0 Å². The number of carboxylic acids is 1. The maximum absolute atomic E-state index is 12.2. The number of H-pyrrole nitrogens is 1. The molecule has 0 radical (unpaired) electrons. The summed E-state index contributed by atoms with van der Waals surface area (Å²) < 4.78 is 0. The van der Waals surface area contributed by atoms with Crippen molar-refractivity contribution in [2.24, 2.45) is 0 Å². The van der Waals surface area contributed by atoms with E-state index in [0.717, 1.165) is 5.56 Å². The molecule has 28 heavy (non-hydrogen) atoms. The minimum absolute atomic E-state index is 0.228. The van der Waals surface area contributed by atoms with Crippen LogP contribution in [0.2, 0.25) is 0 Å². The number of aryl methyl sites for hydroxylation is 1. The Bertz CT molecular complexity index is 1140. The van der Waals surface area contributed by atoms with Crippen molar-refractivity contribution in [3.8, 4) is 0 Å². The molecule has 0 spiro atoms. The molecule has 0 fully saturated rings. The molecule has 0 aliphatic rings. The third-order valence-electron chi connectivity index (χ3n) is 4.42. The zero-order chi connectivity index (χ0) is 20.4. The van der Waals surface area contributed by atoms with E-state index in [1.165, 1.54) is 12.1 Å². The van der Waals surface area contributed by atoms with Crippen molar-refractivity contribution in [1.29, 1.82) is 0 Å². The number of aromatic carboxylic acids is 1. The van der Waals surface area contributed by atoms with Gasteiger partial charge >= 0.3 is 5.97 Å². The zero-order valence-corrected chi connectivity index (χ0v) is 15.3. The van der Waals surface area contributed by atoms with Crippen molar-refractivity contribution in [2.45, 2.75) is 20.4 Å². The predicted octanol–water partition coefficient (Wildman–Crippen LogP) is 2.86. The molecule has 2 aromatic carbocycles. The molecule has 0 aliphatic carbocycles. The van der Waals surface area contributed by atoms with Gasteiger partial charge in [-0.25, -0.2) is 9.78 Å². The van der Waals surface area contributed by atoms with Gasteiger partial charge in [0, 0.05) is 24.8 Å². The number of carboxylic acid groups (broad SMARTS) is 1. The zero-order valence-electron chi connectivity index (χ0n) is 15.3. The number of aromatic nitrogens is 2. The Labute approximate surface area is 159 Å². The smallest absolute Gasteiger partial charge is 0.342 e. The van der Waals surface area contributed by atoms with E-state index in [2.05, 4.69) is 9.97 Å². The number of nitrogens with zero attached hydrogens (tertiary/aromatic N) is 3. The van der Waals surface area contributed by atoms with Gasteiger partial charge in [-0.05, 0) is 43.7 Å². The molecule has 0 amide bonds. The van der Waals surface area contributed by atoms with E-state index in [-0.39, 0.29) is 11.1 Å². The fourth-order valence-corrected chi connectivity index (χ4v) is 3.06. The summed E-state index contributed by atoms with van der Waals surface area (Å²) in [6, 6.07) is 9.37. The molecule has 0 aliphatic heterocycles. The van der Waals surface area contributed by atoms with E-state index in [1.807, 2.05) is 17.9 Å². The number of aromatic amines is 1. The van der Waals surface area contributed by atoms with Gasteiger partial charge in [0.1, 0.15) is 11.4 Å². The minimum atomic E-state index is -1.35. The molecular formula is C19H18N4O5. The Morgan fingerprint density at radius 3 is 2.68 bits per heavy atom. The van der Waals surface area contributed by atoms with Gasteiger partial charge in [0.25, 0.3) is 11.2 Å². The van der Waals surface area contributed by atoms with Gasteiger partial charge in [-0.1, -0.05) is 6.07 Å². The number of nitrogens with one attached hydrogen (secondary N) is 1. The van der Waals surface area contributed by atoms with Gasteiger partial charge in [0.15, 0.2) is 0 Å². The first-order valence-corrected chi connectivity index (χ1v) is 8.56. The largest absolute Gasteiger partial charge is 0.477 e.